The van der Waals surface area contributed by atoms with Crippen molar-refractivity contribution in [2.45, 2.75) is 39.2 Å². The van der Waals surface area contributed by atoms with Crippen LogP contribution in [0.3, 0.4) is 0 Å². The summed E-state index contributed by atoms with van der Waals surface area (Å²) in [6, 6.07) is 7.38. The van der Waals surface area contributed by atoms with Crippen LogP contribution in [-0.4, -0.2) is 24.3 Å². The van der Waals surface area contributed by atoms with Crippen LogP contribution in [0, 0.1) is 0 Å². The van der Waals surface area contributed by atoms with Gasteiger partial charge in [-0.05, 0) is 37.5 Å². The summed E-state index contributed by atoms with van der Waals surface area (Å²) in [6.45, 7) is 9.44. The second kappa shape index (κ2) is 7.84. The van der Waals surface area contributed by atoms with Gasteiger partial charge in [-0.2, -0.15) is 0 Å². The lowest BCUT2D eigenvalue weighted by Gasteiger charge is -2.26. The van der Waals surface area contributed by atoms with Crippen LogP contribution in [0.5, 0.6) is 5.75 Å². The maximum Gasteiger partial charge on any atom is 0.333 e. The van der Waals surface area contributed by atoms with Crippen LogP contribution in [-0.2, 0) is 15.1 Å². The van der Waals surface area contributed by atoms with E-state index in [0.29, 0.717) is 24.2 Å². The van der Waals surface area contributed by atoms with E-state index in [0.717, 1.165) is 5.56 Å². The van der Waals surface area contributed by atoms with Gasteiger partial charge >= 0.3 is 5.97 Å². The highest BCUT2D eigenvalue weighted by atomic mass is 16.6. The first-order valence-corrected chi connectivity index (χ1v) is 7.21. The van der Waals surface area contributed by atoms with Crippen LogP contribution < -0.4 is 4.74 Å². The van der Waals surface area contributed by atoms with Crippen LogP contribution >= 0.6 is 0 Å². The normalized spacial score (nSPS) is 11.0. The van der Waals surface area contributed by atoms with Crippen LogP contribution in [0.15, 0.2) is 36.4 Å². The smallest absolute Gasteiger partial charge is 0.333 e. The summed E-state index contributed by atoms with van der Waals surface area (Å²) < 4.78 is 10.5. The minimum atomic E-state index is -0.828. The van der Waals surface area contributed by atoms with Crippen molar-refractivity contribution in [3.63, 3.8) is 0 Å². The number of aliphatic hydroxyl groups is 1. The zero-order valence-corrected chi connectivity index (χ0v) is 13.0. The summed E-state index contributed by atoms with van der Waals surface area (Å²) in [5.41, 5.74) is 0.378. The predicted molar refractivity (Wildman–Crippen MR) is 82.2 cm³/mol. The molecule has 1 N–H and O–H groups in total. The zero-order valence-electron chi connectivity index (χ0n) is 13.0. The molecule has 0 unspecified atom stereocenters. The van der Waals surface area contributed by atoms with E-state index in [4.69, 9.17) is 9.47 Å². The lowest BCUT2D eigenvalue weighted by Crippen LogP contribution is -2.23. The third-order valence-corrected chi connectivity index (χ3v) is 3.47. The summed E-state index contributed by atoms with van der Waals surface area (Å²) in [4.78, 5) is 11.2. The molecule has 1 aromatic carbocycles. The molecule has 0 aliphatic rings. The minimum Gasteiger partial charge on any atom is -0.490 e. The van der Waals surface area contributed by atoms with E-state index in [-0.39, 0.29) is 13.2 Å². The average molecular weight is 292 g/mol. The standard InChI is InChI=1S/C17H24O4/c1-5-17(19,6-2)14-8-7-9-15(12-14)20-10-11-21-16(18)13(3)4/h7-9,12,19H,3,5-6,10-11H2,1-2,4H3. The molecule has 4 nitrogen and oxygen atoms in total. The van der Waals surface area contributed by atoms with Crippen molar-refractivity contribution >= 4 is 5.97 Å². The number of hydrogen-bond donors (Lipinski definition) is 1. The number of benzene rings is 1. The van der Waals surface area contributed by atoms with Gasteiger partial charge in [-0.25, -0.2) is 4.79 Å². The van der Waals surface area contributed by atoms with Gasteiger partial charge in [0.1, 0.15) is 19.0 Å². The van der Waals surface area contributed by atoms with Crippen molar-refractivity contribution in [2.75, 3.05) is 13.2 Å². The van der Waals surface area contributed by atoms with Crippen molar-refractivity contribution in [2.24, 2.45) is 0 Å². The van der Waals surface area contributed by atoms with Crippen molar-refractivity contribution in [1.82, 2.24) is 0 Å². The number of hydrogen-bond acceptors (Lipinski definition) is 4. The maximum atomic E-state index is 11.2. The fourth-order valence-electron chi connectivity index (χ4n) is 1.95. The average Bonchev–Trinajstić information content (AvgIpc) is 2.50. The van der Waals surface area contributed by atoms with Crippen LogP contribution in [0.4, 0.5) is 0 Å². The first-order chi connectivity index (χ1) is 9.92. The molecule has 0 aliphatic heterocycles. The largest absolute Gasteiger partial charge is 0.490 e. The van der Waals surface area contributed by atoms with E-state index >= 15 is 0 Å². The summed E-state index contributed by atoms with van der Waals surface area (Å²) in [6.07, 6.45) is 1.28. The molecule has 21 heavy (non-hydrogen) atoms. The summed E-state index contributed by atoms with van der Waals surface area (Å²) >= 11 is 0. The molecule has 0 spiro atoms. The Morgan fingerprint density at radius 3 is 2.52 bits per heavy atom. The quantitative estimate of drug-likeness (QED) is 0.454. The van der Waals surface area contributed by atoms with Gasteiger partial charge in [-0.15, -0.1) is 0 Å². The highest BCUT2D eigenvalue weighted by molar-refractivity contribution is 5.86. The molecule has 1 aromatic rings. The van der Waals surface area contributed by atoms with Gasteiger partial charge in [0.05, 0.1) is 5.60 Å². The second-order valence-electron chi connectivity index (χ2n) is 5.03. The molecule has 0 aromatic heterocycles. The van der Waals surface area contributed by atoms with Gasteiger partial charge < -0.3 is 14.6 Å². The molecule has 0 aliphatic carbocycles. The molecule has 0 heterocycles. The fourth-order valence-corrected chi connectivity index (χ4v) is 1.95. The van der Waals surface area contributed by atoms with Crippen molar-refractivity contribution in [1.29, 1.82) is 0 Å². The first-order valence-electron chi connectivity index (χ1n) is 7.21. The molecule has 1 rings (SSSR count). The van der Waals surface area contributed by atoms with Crippen LogP contribution in [0.1, 0.15) is 39.2 Å². The molecule has 4 heteroatoms. The topological polar surface area (TPSA) is 55.8 Å². The summed E-state index contributed by atoms with van der Waals surface area (Å²) in [7, 11) is 0. The number of rotatable bonds is 8. The SMILES string of the molecule is C=C(C)C(=O)OCCOc1cccc(C(O)(CC)CC)c1. The molecule has 0 radical (unpaired) electrons. The number of carbonyl (C=O) groups excluding carboxylic acids is 1. The Morgan fingerprint density at radius 1 is 1.29 bits per heavy atom. The number of carbonyl (C=O) groups is 1. The van der Waals surface area contributed by atoms with Gasteiger partial charge in [-0.3, -0.25) is 0 Å². The molecule has 0 amide bonds. The molecular weight excluding hydrogens is 268 g/mol. The zero-order chi connectivity index (χ0) is 15.9. The lowest BCUT2D eigenvalue weighted by atomic mass is 9.88. The maximum absolute atomic E-state index is 11.2. The number of ether oxygens (including phenoxy) is 2. The molecule has 0 fully saturated rings. The fraction of sp³-hybridized carbons (Fsp3) is 0.471. The van der Waals surface area contributed by atoms with Gasteiger partial charge in [0.15, 0.2) is 0 Å². The molecule has 0 saturated carbocycles. The lowest BCUT2D eigenvalue weighted by molar-refractivity contribution is -0.139. The highest BCUT2D eigenvalue weighted by Gasteiger charge is 2.24. The van der Waals surface area contributed by atoms with E-state index < -0.39 is 11.6 Å². The summed E-state index contributed by atoms with van der Waals surface area (Å²) in [5.74, 6) is 0.234. The molecule has 0 atom stereocenters. The Hall–Kier alpha value is -1.81. The third-order valence-electron chi connectivity index (χ3n) is 3.47. The number of esters is 1. The van der Waals surface area contributed by atoms with Crippen molar-refractivity contribution in [3.8, 4) is 5.75 Å². The highest BCUT2D eigenvalue weighted by Crippen LogP contribution is 2.30. The van der Waals surface area contributed by atoms with Crippen LogP contribution in [0.2, 0.25) is 0 Å². The van der Waals surface area contributed by atoms with Gasteiger partial charge in [0.2, 0.25) is 0 Å². The Morgan fingerprint density at radius 2 is 1.95 bits per heavy atom. The Bertz CT molecular complexity index is 489. The van der Waals surface area contributed by atoms with E-state index in [1.807, 2.05) is 38.1 Å². The van der Waals surface area contributed by atoms with Gasteiger partial charge in [0.25, 0.3) is 0 Å². The third kappa shape index (κ3) is 4.90. The van der Waals surface area contributed by atoms with E-state index in [1.54, 1.807) is 6.92 Å². The van der Waals surface area contributed by atoms with E-state index in [1.165, 1.54) is 0 Å². The molecule has 0 bridgehead atoms. The van der Waals surface area contributed by atoms with Crippen molar-refractivity contribution < 1.29 is 19.4 Å². The van der Waals surface area contributed by atoms with Crippen LogP contribution in [0.25, 0.3) is 0 Å². The molecule has 0 saturated heterocycles. The Balaban J connectivity index is 2.58. The Kier molecular flexibility index (Phi) is 6.43. The van der Waals surface area contributed by atoms with Crippen molar-refractivity contribution in [3.05, 3.63) is 42.0 Å². The van der Waals surface area contributed by atoms with Gasteiger partial charge in [0, 0.05) is 5.57 Å². The molecule has 116 valence electrons. The Labute approximate surface area is 126 Å². The predicted octanol–water partition coefficient (Wildman–Crippen LogP) is 3.19. The van der Waals surface area contributed by atoms with Gasteiger partial charge in [-0.1, -0.05) is 32.6 Å². The minimum absolute atomic E-state index is 0.168. The van der Waals surface area contributed by atoms with E-state index in [9.17, 15) is 9.90 Å². The first kappa shape index (κ1) is 17.2. The van der Waals surface area contributed by atoms with E-state index in [2.05, 4.69) is 6.58 Å². The molecular formula is C17H24O4. The summed E-state index contributed by atoms with van der Waals surface area (Å²) in [5, 5.41) is 10.5. The second-order valence-corrected chi connectivity index (χ2v) is 5.03. The monoisotopic (exact) mass is 292 g/mol.